The number of carbonyl (C=O) groups is 2. The molecule has 1 heterocycles. The van der Waals surface area contributed by atoms with E-state index in [-0.39, 0.29) is 24.1 Å². The van der Waals surface area contributed by atoms with Crippen molar-refractivity contribution < 1.29 is 19.2 Å². The van der Waals surface area contributed by atoms with E-state index in [0.29, 0.717) is 17.3 Å². The Morgan fingerprint density at radius 2 is 2.04 bits per heavy atom. The van der Waals surface area contributed by atoms with Crippen molar-refractivity contribution >= 4 is 28.5 Å². The Kier molecular flexibility index (Phi) is 5.74. The fraction of sp³-hybridized carbons (Fsp3) is 0.412. The second kappa shape index (κ2) is 7.78. The summed E-state index contributed by atoms with van der Waals surface area (Å²) in [5, 5.41) is 14.2. The van der Waals surface area contributed by atoms with E-state index in [0.717, 1.165) is 0 Å². The number of ether oxygens (including phenoxy) is 1. The van der Waals surface area contributed by atoms with Crippen molar-refractivity contribution in [1.29, 1.82) is 0 Å². The lowest BCUT2D eigenvalue weighted by Crippen LogP contribution is -2.43. The molecule has 0 aliphatic heterocycles. The fourth-order valence-corrected chi connectivity index (χ4v) is 2.66. The van der Waals surface area contributed by atoms with Gasteiger partial charge in [-0.25, -0.2) is 4.79 Å². The zero-order valence-electron chi connectivity index (χ0n) is 14.4. The van der Waals surface area contributed by atoms with Crippen LogP contribution in [0.4, 0.5) is 5.69 Å². The number of carbonyl (C=O) groups excluding carboxylic acids is 2. The van der Waals surface area contributed by atoms with Crippen LogP contribution in [0.15, 0.2) is 30.5 Å². The second-order valence-electron chi connectivity index (χ2n) is 6.22. The maximum absolute atomic E-state index is 12.3. The molecule has 0 bridgehead atoms. The van der Waals surface area contributed by atoms with Crippen LogP contribution < -0.4 is 5.32 Å². The summed E-state index contributed by atoms with van der Waals surface area (Å²) in [6.07, 6.45) is 2.17. The van der Waals surface area contributed by atoms with Crippen molar-refractivity contribution in [1.82, 2.24) is 9.88 Å². The smallest absolute Gasteiger partial charge is 0.328 e. The predicted molar refractivity (Wildman–Crippen MR) is 92.0 cm³/mol. The number of nitro groups is 1. The minimum atomic E-state index is -0.694. The molecule has 25 heavy (non-hydrogen) atoms. The molecule has 8 nitrogen and oxygen atoms in total. The average Bonchev–Trinajstić information content (AvgIpc) is 2.95. The predicted octanol–water partition coefficient (Wildman–Crippen LogP) is 2.25. The summed E-state index contributed by atoms with van der Waals surface area (Å²) in [7, 11) is 1.29. The maximum atomic E-state index is 12.3. The molecule has 0 saturated carbocycles. The lowest BCUT2D eigenvalue weighted by molar-refractivity contribution is -0.384. The van der Waals surface area contributed by atoms with Crippen LogP contribution in [0.2, 0.25) is 0 Å². The first-order valence-corrected chi connectivity index (χ1v) is 7.92. The van der Waals surface area contributed by atoms with Gasteiger partial charge >= 0.3 is 5.97 Å². The SMILES string of the molecule is COC(=O)C(CC(C)C)NC(=O)Cn1ccc2cc([N+](=O)[O-])ccc21. The van der Waals surface area contributed by atoms with Crippen LogP contribution in [0.3, 0.4) is 0 Å². The van der Waals surface area contributed by atoms with Crippen molar-refractivity contribution in [3.8, 4) is 0 Å². The van der Waals surface area contributed by atoms with Gasteiger partial charge < -0.3 is 14.6 Å². The summed E-state index contributed by atoms with van der Waals surface area (Å²) in [5.74, 6) is -0.584. The number of amides is 1. The van der Waals surface area contributed by atoms with Gasteiger partial charge in [0, 0.05) is 29.2 Å². The number of rotatable bonds is 7. The number of aromatic nitrogens is 1. The van der Waals surface area contributed by atoms with Crippen LogP contribution >= 0.6 is 0 Å². The first-order valence-electron chi connectivity index (χ1n) is 7.92. The first kappa shape index (κ1) is 18.4. The third-order valence-corrected chi connectivity index (χ3v) is 3.81. The van der Waals surface area contributed by atoms with Gasteiger partial charge in [0.1, 0.15) is 12.6 Å². The van der Waals surface area contributed by atoms with Crippen molar-refractivity contribution in [2.24, 2.45) is 5.92 Å². The number of nitrogens with one attached hydrogen (secondary N) is 1. The summed E-state index contributed by atoms with van der Waals surface area (Å²) in [4.78, 5) is 34.4. The number of benzene rings is 1. The molecule has 2 aromatic rings. The van der Waals surface area contributed by atoms with Crippen LogP contribution in [0.1, 0.15) is 20.3 Å². The summed E-state index contributed by atoms with van der Waals surface area (Å²) < 4.78 is 6.41. The van der Waals surface area contributed by atoms with Gasteiger partial charge in [0.05, 0.1) is 12.0 Å². The van der Waals surface area contributed by atoms with Crippen LogP contribution in [-0.2, 0) is 20.9 Å². The highest BCUT2D eigenvalue weighted by atomic mass is 16.6. The molecule has 0 saturated heterocycles. The number of hydrogen-bond donors (Lipinski definition) is 1. The van der Waals surface area contributed by atoms with Crippen LogP contribution in [0.5, 0.6) is 0 Å². The molecule has 1 aromatic carbocycles. The van der Waals surface area contributed by atoms with E-state index in [4.69, 9.17) is 4.74 Å². The zero-order valence-corrected chi connectivity index (χ0v) is 14.4. The van der Waals surface area contributed by atoms with E-state index in [9.17, 15) is 19.7 Å². The van der Waals surface area contributed by atoms with Gasteiger partial charge in [-0.05, 0) is 24.5 Å². The average molecular weight is 347 g/mol. The van der Waals surface area contributed by atoms with Crippen molar-refractivity contribution in [3.05, 3.63) is 40.6 Å². The Hall–Kier alpha value is -2.90. The van der Waals surface area contributed by atoms with E-state index in [1.807, 2.05) is 13.8 Å². The van der Waals surface area contributed by atoms with Crippen molar-refractivity contribution in [3.63, 3.8) is 0 Å². The molecule has 134 valence electrons. The molecule has 1 unspecified atom stereocenters. The van der Waals surface area contributed by atoms with Crippen LogP contribution in [-0.4, -0.2) is 34.5 Å². The monoisotopic (exact) mass is 347 g/mol. The normalized spacial score (nSPS) is 12.2. The minimum Gasteiger partial charge on any atom is -0.467 e. The standard InChI is InChI=1S/C17H21N3O5/c1-11(2)8-14(17(22)25-3)18-16(21)10-19-7-6-12-9-13(20(23)24)4-5-15(12)19/h4-7,9,11,14H,8,10H2,1-3H3,(H,18,21). The molecular formula is C17H21N3O5. The van der Waals surface area contributed by atoms with Gasteiger partial charge in [0.2, 0.25) is 5.91 Å². The number of nitrogens with zero attached hydrogens (tertiary/aromatic N) is 2. The van der Waals surface area contributed by atoms with Gasteiger partial charge in [-0.15, -0.1) is 0 Å². The van der Waals surface area contributed by atoms with E-state index in [1.165, 1.54) is 19.2 Å². The number of methoxy groups -OCH3 is 1. The summed E-state index contributed by atoms with van der Waals surface area (Å²) in [6.45, 7) is 3.91. The van der Waals surface area contributed by atoms with Crippen molar-refractivity contribution in [2.45, 2.75) is 32.9 Å². The molecular weight excluding hydrogens is 326 g/mol. The van der Waals surface area contributed by atoms with Gasteiger partial charge in [0.15, 0.2) is 0 Å². The lowest BCUT2D eigenvalue weighted by Gasteiger charge is -2.18. The highest BCUT2D eigenvalue weighted by molar-refractivity contribution is 5.87. The Morgan fingerprint density at radius 3 is 2.64 bits per heavy atom. The van der Waals surface area contributed by atoms with Crippen LogP contribution in [0, 0.1) is 16.0 Å². The third kappa shape index (κ3) is 4.56. The van der Waals surface area contributed by atoms with E-state index in [2.05, 4.69) is 5.32 Å². The molecule has 0 fully saturated rings. The molecule has 0 aliphatic carbocycles. The van der Waals surface area contributed by atoms with Gasteiger partial charge in [-0.2, -0.15) is 0 Å². The summed E-state index contributed by atoms with van der Waals surface area (Å²) in [5.41, 5.74) is 0.705. The quantitative estimate of drug-likeness (QED) is 0.470. The fourth-order valence-electron chi connectivity index (χ4n) is 2.66. The van der Waals surface area contributed by atoms with Crippen LogP contribution in [0.25, 0.3) is 10.9 Å². The lowest BCUT2D eigenvalue weighted by atomic mass is 10.0. The number of non-ortho nitro benzene ring substituents is 1. The molecule has 8 heteroatoms. The molecule has 1 amide bonds. The second-order valence-corrected chi connectivity index (χ2v) is 6.22. The number of hydrogen-bond acceptors (Lipinski definition) is 5. The zero-order chi connectivity index (χ0) is 18.6. The Bertz CT molecular complexity index is 797. The molecule has 0 radical (unpaired) electrons. The maximum Gasteiger partial charge on any atom is 0.328 e. The summed E-state index contributed by atoms with van der Waals surface area (Å²) in [6, 6.07) is 5.47. The Morgan fingerprint density at radius 1 is 1.32 bits per heavy atom. The summed E-state index contributed by atoms with van der Waals surface area (Å²) >= 11 is 0. The number of nitro benzene ring substituents is 1. The highest BCUT2D eigenvalue weighted by Gasteiger charge is 2.22. The molecule has 0 aliphatic rings. The largest absolute Gasteiger partial charge is 0.467 e. The van der Waals surface area contributed by atoms with Gasteiger partial charge in [-0.1, -0.05) is 13.8 Å². The first-order chi connectivity index (χ1) is 11.8. The third-order valence-electron chi connectivity index (χ3n) is 3.81. The Labute approximate surface area is 144 Å². The minimum absolute atomic E-state index is 0.00242. The number of esters is 1. The van der Waals surface area contributed by atoms with E-state index < -0.39 is 16.9 Å². The van der Waals surface area contributed by atoms with E-state index in [1.54, 1.807) is 22.9 Å². The molecule has 0 spiro atoms. The molecule has 1 N–H and O–H groups in total. The van der Waals surface area contributed by atoms with Gasteiger partial charge in [-0.3, -0.25) is 14.9 Å². The van der Waals surface area contributed by atoms with Crippen molar-refractivity contribution in [2.75, 3.05) is 7.11 Å². The highest BCUT2D eigenvalue weighted by Crippen LogP contribution is 2.21. The Balaban J connectivity index is 2.12. The number of fused-ring (bicyclic) bond motifs is 1. The molecule has 2 rings (SSSR count). The van der Waals surface area contributed by atoms with E-state index >= 15 is 0 Å². The topological polar surface area (TPSA) is 103 Å². The molecule has 1 atom stereocenters. The van der Waals surface area contributed by atoms with Gasteiger partial charge in [0.25, 0.3) is 5.69 Å². The molecule has 1 aromatic heterocycles.